The minimum absolute atomic E-state index is 0.119. The van der Waals surface area contributed by atoms with Crippen molar-refractivity contribution in [2.24, 2.45) is 0 Å². The van der Waals surface area contributed by atoms with Crippen LogP contribution in [0, 0.1) is 0 Å². The van der Waals surface area contributed by atoms with Crippen LogP contribution in [0.25, 0.3) is 0 Å². The molecule has 0 spiro atoms. The first-order chi connectivity index (χ1) is 29.5. The molecule has 1 atom stereocenters. The monoisotopic (exact) mass is 829 g/mol. The van der Waals surface area contributed by atoms with E-state index in [1.165, 1.54) is 19.3 Å². The van der Waals surface area contributed by atoms with Crippen molar-refractivity contribution in [1.82, 2.24) is 0 Å². The molecule has 0 aliphatic heterocycles. The summed E-state index contributed by atoms with van der Waals surface area (Å²) in [5, 5.41) is 0. The summed E-state index contributed by atoms with van der Waals surface area (Å²) in [6.45, 7) is 6.16. The number of allylic oxidation sites excluding steroid dienone is 20. The highest BCUT2D eigenvalue weighted by Crippen LogP contribution is 2.12. The van der Waals surface area contributed by atoms with Gasteiger partial charge in [0.25, 0.3) is 0 Å². The van der Waals surface area contributed by atoms with Crippen molar-refractivity contribution in [3.05, 3.63) is 122 Å². The topological polar surface area (TPSA) is 78.9 Å². The first-order valence-corrected chi connectivity index (χ1v) is 23.6. The van der Waals surface area contributed by atoms with Gasteiger partial charge in [0.15, 0.2) is 6.10 Å². The van der Waals surface area contributed by atoms with Crippen molar-refractivity contribution in [2.45, 2.75) is 187 Å². The molecule has 0 rings (SSSR count). The van der Waals surface area contributed by atoms with E-state index in [2.05, 4.69) is 142 Å². The molecular formula is C54H84O6. The molecule has 0 amide bonds. The van der Waals surface area contributed by atoms with Gasteiger partial charge in [0, 0.05) is 19.3 Å². The zero-order chi connectivity index (χ0) is 43.7. The van der Waals surface area contributed by atoms with Crippen LogP contribution in [0.5, 0.6) is 0 Å². The number of hydrogen-bond donors (Lipinski definition) is 0. The van der Waals surface area contributed by atoms with Gasteiger partial charge in [-0.3, -0.25) is 14.4 Å². The summed E-state index contributed by atoms with van der Waals surface area (Å²) >= 11 is 0. The normalized spacial score (nSPS) is 13.2. The maximum Gasteiger partial charge on any atom is 0.306 e. The van der Waals surface area contributed by atoms with Gasteiger partial charge in [-0.2, -0.15) is 0 Å². The third-order valence-electron chi connectivity index (χ3n) is 9.25. The number of hydrogen-bond acceptors (Lipinski definition) is 6. The third-order valence-corrected chi connectivity index (χ3v) is 9.25. The molecule has 0 heterocycles. The van der Waals surface area contributed by atoms with Crippen molar-refractivity contribution in [3.8, 4) is 0 Å². The molecule has 0 aromatic heterocycles. The number of unbranched alkanes of at least 4 members (excludes halogenated alkanes) is 11. The Morgan fingerprint density at radius 2 is 0.700 bits per heavy atom. The Kier molecular flexibility index (Phi) is 44.2. The molecule has 1 unspecified atom stereocenters. The molecule has 0 aromatic carbocycles. The highest BCUT2D eigenvalue weighted by molar-refractivity contribution is 5.71. The van der Waals surface area contributed by atoms with E-state index in [1.807, 2.05) is 0 Å². The lowest BCUT2D eigenvalue weighted by molar-refractivity contribution is -0.167. The molecule has 0 saturated heterocycles. The van der Waals surface area contributed by atoms with Gasteiger partial charge >= 0.3 is 17.9 Å². The number of carbonyl (C=O) groups excluding carboxylic acids is 3. The highest BCUT2D eigenvalue weighted by Gasteiger charge is 2.19. The predicted molar refractivity (Wildman–Crippen MR) is 256 cm³/mol. The summed E-state index contributed by atoms with van der Waals surface area (Å²) in [7, 11) is 0. The van der Waals surface area contributed by atoms with Gasteiger partial charge in [-0.15, -0.1) is 0 Å². The number of rotatable bonds is 40. The van der Waals surface area contributed by atoms with Crippen molar-refractivity contribution < 1.29 is 28.6 Å². The van der Waals surface area contributed by atoms with E-state index in [0.29, 0.717) is 19.3 Å². The van der Waals surface area contributed by atoms with Crippen LogP contribution in [-0.4, -0.2) is 37.2 Å². The molecule has 0 aromatic rings. The largest absolute Gasteiger partial charge is 0.462 e. The quantitative estimate of drug-likeness (QED) is 0.0201. The summed E-state index contributed by atoms with van der Waals surface area (Å²) in [6.07, 6.45) is 64.7. The molecule has 0 saturated carbocycles. The molecule has 0 fully saturated rings. The summed E-state index contributed by atoms with van der Waals surface area (Å²) in [5.41, 5.74) is 0. The van der Waals surface area contributed by atoms with E-state index < -0.39 is 6.10 Å². The standard InChI is InChI=1S/C54H84O6/c1-4-7-10-13-16-19-22-24-26-28-29-32-35-38-41-44-47-53(56)59-50-51(49-58-52(55)46-43-40-37-34-31-21-18-15-12-9-6-3)60-54(57)48-45-42-39-36-33-30-27-25-23-20-17-14-11-8-5-2/h7-12,14,16-21,23-24,26,29,32,34,37,51H,4-6,13,15,22,25,27-28,30-31,33,35-36,38-50H2,1-3H3/b10-7-,11-8-,12-9-,17-14-,19-16-,21-18-,23-20-,26-24-,32-29-,37-34-. The second kappa shape index (κ2) is 47.5. The number of esters is 3. The third kappa shape index (κ3) is 44.9. The molecule has 0 aliphatic rings. The molecule has 0 aliphatic carbocycles. The lowest BCUT2D eigenvalue weighted by atomic mass is 10.1. The Hall–Kier alpha value is -4.19. The molecule has 0 bridgehead atoms. The molecule has 336 valence electrons. The first-order valence-electron chi connectivity index (χ1n) is 23.6. The second-order valence-electron chi connectivity index (χ2n) is 14.9. The summed E-state index contributed by atoms with van der Waals surface area (Å²) in [6, 6.07) is 0. The Morgan fingerprint density at radius 3 is 1.20 bits per heavy atom. The van der Waals surface area contributed by atoms with Gasteiger partial charge in [-0.1, -0.05) is 181 Å². The minimum atomic E-state index is -0.820. The van der Waals surface area contributed by atoms with Gasteiger partial charge in [0.2, 0.25) is 0 Å². The Balaban J connectivity index is 4.53. The van der Waals surface area contributed by atoms with Gasteiger partial charge in [0.1, 0.15) is 13.2 Å². The van der Waals surface area contributed by atoms with Crippen LogP contribution in [0.1, 0.15) is 181 Å². The SMILES string of the molecule is CC\C=C/C=C\C=C/CCCCCCCCCC(=O)OC(COC(=O)CCC/C=C\C/C=C\C/C=C\CC)COC(=O)CCCCC/C=C\C/C=C\C/C=C\C/C=C\CC. The Morgan fingerprint density at radius 1 is 0.350 bits per heavy atom. The first kappa shape index (κ1) is 55.8. The zero-order valence-corrected chi connectivity index (χ0v) is 38.2. The van der Waals surface area contributed by atoms with Crippen molar-refractivity contribution >= 4 is 17.9 Å². The van der Waals surface area contributed by atoms with Crippen LogP contribution >= 0.6 is 0 Å². The molecule has 6 nitrogen and oxygen atoms in total. The van der Waals surface area contributed by atoms with Gasteiger partial charge in [-0.25, -0.2) is 0 Å². The van der Waals surface area contributed by atoms with E-state index in [1.54, 1.807) is 0 Å². The Bertz CT molecular complexity index is 1320. The van der Waals surface area contributed by atoms with Crippen LogP contribution < -0.4 is 0 Å². The maximum atomic E-state index is 12.8. The Labute approximate surface area is 367 Å². The lowest BCUT2D eigenvalue weighted by Gasteiger charge is -2.18. The number of carbonyl (C=O) groups is 3. The summed E-state index contributed by atoms with van der Waals surface area (Å²) in [4.78, 5) is 37.8. The predicted octanol–water partition coefficient (Wildman–Crippen LogP) is 15.4. The fraction of sp³-hybridized carbons (Fsp3) is 0.574. The number of ether oxygens (including phenoxy) is 3. The van der Waals surface area contributed by atoms with E-state index in [-0.39, 0.29) is 37.5 Å². The van der Waals surface area contributed by atoms with E-state index >= 15 is 0 Å². The van der Waals surface area contributed by atoms with Gasteiger partial charge in [-0.05, 0) is 103 Å². The van der Waals surface area contributed by atoms with Crippen molar-refractivity contribution in [1.29, 1.82) is 0 Å². The van der Waals surface area contributed by atoms with E-state index in [0.717, 1.165) is 116 Å². The maximum absolute atomic E-state index is 12.8. The van der Waals surface area contributed by atoms with Gasteiger partial charge < -0.3 is 14.2 Å². The summed E-state index contributed by atoms with van der Waals surface area (Å²) < 4.78 is 16.6. The van der Waals surface area contributed by atoms with Crippen LogP contribution in [-0.2, 0) is 28.6 Å². The fourth-order valence-corrected chi connectivity index (χ4v) is 5.81. The van der Waals surface area contributed by atoms with Crippen LogP contribution in [0.15, 0.2) is 122 Å². The minimum Gasteiger partial charge on any atom is -0.462 e. The average Bonchev–Trinajstić information content (AvgIpc) is 3.24. The van der Waals surface area contributed by atoms with Crippen molar-refractivity contribution in [2.75, 3.05) is 13.2 Å². The van der Waals surface area contributed by atoms with Crippen LogP contribution in [0.4, 0.5) is 0 Å². The fourth-order valence-electron chi connectivity index (χ4n) is 5.81. The van der Waals surface area contributed by atoms with E-state index in [9.17, 15) is 14.4 Å². The summed E-state index contributed by atoms with van der Waals surface area (Å²) in [5.74, 6) is -1.03. The van der Waals surface area contributed by atoms with Crippen molar-refractivity contribution in [3.63, 3.8) is 0 Å². The highest BCUT2D eigenvalue weighted by atomic mass is 16.6. The molecular weight excluding hydrogens is 745 g/mol. The zero-order valence-electron chi connectivity index (χ0n) is 38.2. The molecule has 0 radical (unpaired) electrons. The van der Waals surface area contributed by atoms with Crippen LogP contribution in [0.3, 0.4) is 0 Å². The van der Waals surface area contributed by atoms with Gasteiger partial charge in [0.05, 0.1) is 0 Å². The lowest BCUT2D eigenvalue weighted by Crippen LogP contribution is -2.30. The molecule has 60 heavy (non-hydrogen) atoms. The molecule has 0 N–H and O–H groups in total. The van der Waals surface area contributed by atoms with E-state index in [4.69, 9.17) is 14.2 Å². The second-order valence-corrected chi connectivity index (χ2v) is 14.9. The smallest absolute Gasteiger partial charge is 0.306 e. The average molecular weight is 829 g/mol. The van der Waals surface area contributed by atoms with Crippen LogP contribution in [0.2, 0.25) is 0 Å². The molecule has 6 heteroatoms.